The Balaban J connectivity index is -0.00000192. The van der Waals surface area contributed by atoms with E-state index in [9.17, 15) is 24.9 Å². The standard InChI is InChI=1S/C13H25N3O8.3ClH/c17-3-1-2-14-8-11(22)9(15-4-6(18)19)13(24)10(12(8)23)16-5-7(20)21;;;/h8-17,22-24H,1-5H2,(H,18,19)(H,20,21);3*1H/t8?,9-,10-,11-,12+,13?;;;/m1.../s1. The number of rotatable bonds is 10. The zero-order valence-electron chi connectivity index (χ0n) is 14.2. The minimum absolute atomic E-state index is 0. The van der Waals surface area contributed by atoms with Crippen molar-refractivity contribution in [3.05, 3.63) is 0 Å². The predicted molar refractivity (Wildman–Crippen MR) is 102 cm³/mol. The summed E-state index contributed by atoms with van der Waals surface area (Å²) in [6.07, 6.45) is -3.70. The molecule has 0 amide bonds. The van der Waals surface area contributed by atoms with E-state index in [1.54, 1.807) is 0 Å². The van der Waals surface area contributed by atoms with E-state index in [0.29, 0.717) is 6.42 Å². The molecule has 2 unspecified atom stereocenters. The number of carbonyl (C=O) groups is 2. The predicted octanol–water partition coefficient (Wildman–Crippen LogP) is -3.23. The molecule has 27 heavy (non-hydrogen) atoms. The van der Waals surface area contributed by atoms with Crippen LogP contribution in [0.2, 0.25) is 0 Å². The highest BCUT2D eigenvalue weighted by Gasteiger charge is 2.49. The van der Waals surface area contributed by atoms with Gasteiger partial charge in [0.05, 0.1) is 49.5 Å². The maximum absolute atomic E-state index is 10.7. The summed E-state index contributed by atoms with van der Waals surface area (Å²) in [5.74, 6) is -2.39. The SMILES string of the molecule is Cl.Cl.Cl.O=C(O)CN[C@H]1C(O)[C@H](NCC(=O)O)[C@@H](O)C(NCCCO)[C@H]1O. The number of halogens is 3. The molecule has 1 saturated carbocycles. The number of hydrogen-bond acceptors (Lipinski definition) is 9. The van der Waals surface area contributed by atoms with Gasteiger partial charge in [-0.2, -0.15) is 0 Å². The van der Waals surface area contributed by atoms with Gasteiger partial charge in [0.1, 0.15) is 0 Å². The van der Waals surface area contributed by atoms with Crippen molar-refractivity contribution >= 4 is 49.2 Å². The van der Waals surface area contributed by atoms with Crippen LogP contribution in [0.25, 0.3) is 0 Å². The molecular weight excluding hydrogens is 433 g/mol. The van der Waals surface area contributed by atoms with Crippen LogP contribution < -0.4 is 16.0 Å². The Morgan fingerprint density at radius 1 is 0.704 bits per heavy atom. The Bertz CT molecular complexity index is 406. The second kappa shape index (κ2) is 15.5. The third-order valence-corrected chi connectivity index (χ3v) is 3.90. The van der Waals surface area contributed by atoms with Crippen molar-refractivity contribution in [2.45, 2.75) is 42.9 Å². The fourth-order valence-corrected chi connectivity index (χ4v) is 2.76. The Kier molecular flexibility index (Phi) is 17.9. The molecule has 0 aromatic heterocycles. The lowest BCUT2D eigenvalue weighted by atomic mass is 9.79. The van der Waals surface area contributed by atoms with Gasteiger partial charge in [0, 0.05) is 6.61 Å². The van der Waals surface area contributed by atoms with Gasteiger partial charge in [-0.25, -0.2) is 0 Å². The first kappa shape index (κ1) is 31.2. The van der Waals surface area contributed by atoms with Crippen molar-refractivity contribution in [1.29, 1.82) is 0 Å². The maximum atomic E-state index is 10.7. The van der Waals surface area contributed by atoms with Gasteiger partial charge in [0.2, 0.25) is 0 Å². The highest BCUT2D eigenvalue weighted by Crippen LogP contribution is 2.22. The van der Waals surface area contributed by atoms with Crippen LogP contribution >= 0.6 is 37.2 Å². The monoisotopic (exact) mass is 459 g/mol. The lowest BCUT2D eigenvalue weighted by Gasteiger charge is -2.46. The van der Waals surface area contributed by atoms with E-state index in [-0.39, 0.29) is 50.4 Å². The average Bonchev–Trinajstić information content (AvgIpc) is 2.49. The lowest BCUT2D eigenvalue weighted by molar-refractivity contribution is -0.138. The van der Waals surface area contributed by atoms with Gasteiger partial charge in [0.25, 0.3) is 0 Å². The zero-order valence-corrected chi connectivity index (χ0v) is 16.7. The second-order valence-electron chi connectivity index (χ2n) is 5.63. The van der Waals surface area contributed by atoms with Gasteiger partial charge < -0.3 is 36.0 Å². The summed E-state index contributed by atoms with van der Waals surface area (Å²) in [6, 6.07) is -3.14. The minimum Gasteiger partial charge on any atom is -0.480 e. The largest absolute Gasteiger partial charge is 0.480 e. The Morgan fingerprint density at radius 2 is 1.04 bits per heavy atom. The normalized spacial score (nSPS) is 29.6. The minimum atomic E-state index is -1.41. The summed E-state index contributed by atoms with van der Waals surface area (Å²) in [5, 5.41) is 65.0. The summed E-state index contributed by atoms with van der Waals surface area (Å²) >= 11 is 0. The Hall–Kier alpha value is -0.470. The first-order chi connectivity index (χ1) is 11.3. The molecule has 164 valence electrons. The van der Waals surface area contributed by atoms with E-state index >= 15 is 0 Å². The van der Waals surface area contributed by atoms with Crippen molar-refractivity contribution in [2.75, 3.05) is 26.2 Å². The van der Waals surface area contributed by atoms with Crippen LogP contribution in [-0.2, 0) is 9.59 Å². The van der Waals surface area contributed by atoms with Crippen LogP contribution in [0, 0.1) is 0 Å². The van der Waals surface area contributed by atoms with Crippen LogP contribution in [0.15, 0.2) is 0 Å². The molecule has 0 spiro atoms. The van der Waals surface area contributed by atoms with Crippen molar-refractivity contribution in [3.8, 4) is 0 Å². The molecule has 6 atom stereocenters. The Labute approximate surface area is 174 Å². The van der Waals surface area contributed by atoms with Gasteiger partial charge in [0.15, 0.2) is 0 Å². The molecule has 1 aliphatic rings. The second-order valence-corrected chi connectivity index (χ2v) is 5.63. The molecule has 0 saturated heterocycles. The quantitative estimate of drug-likeness (QED) is 0.149. The molecule has 0 aliphatic heterocycles. The number of carboxylic acids is 2. The van der Waals surface area contributed by atoms with Gasteiger partial charge in [-0.05, 0) is 13.0 Å². The summed E-state index contributed by atoms with van der Waals surface area (Å²) in [5.41, 5.74) is 0. The number of aliphatic carboxylic acids is 2. The summed E-state index contributed by atoms with van der Waals surface area (Å²) in [7, 11) is 0. The summed E-state index contributed by atoms with van der Waals surface area (Å²) < 4.78 is 0. The van der Waals surface area contributed by atoms with Crippen LogP contribution in [0.5, 0.6) is 0 Å². The number of aliphatic hydroxyl groups excluding tert-OH is 4. The molecule has 11 nitrogen and oxygen atoms in total. The van der Waals surface area contributed by atoms with E-state index < -0.39 is 61.5 Å². The van der Waals surface area contributed by atoms with Crippen molar-refractivity contribution < 1.29 is 40.2 Å². The Morgan fingerprint density at radius 3 is 1.33 bits per heavy atom. The molecule has 0 radical (unpaired) electrons. The fraction of sp³-hybridized carbons (Fsp3) is 0.846. The van der Waals surface area contributed by atoms with Gasteiger partial charge in [-0.1, -0.05) is 0 Å². The zero-order chi connectivity index (χ0) is 18.3. The van der Waals surface area contributed by atoms with Crippen LogP contribution in [0.3, 0.4) is 0 Å². The van der Waals surface area contributed by atoms with Crippen molar-refractivity contribution in [2.24, 2.45) is 0 Å². The molecular formula is C13H28Cl3N3O8. The molecule has 0 aromatic carbocycles. The summed E-state index contributed by atoms with van der Waals surface area (Å²) in [6.45, 7) is -0.883. The smallest absolute Gasteiger partial charge is 0.317 e. The van der Waals surface area contributed by atoms with Crippen LogP contribution in [-0.4, -0.2) is 105 Å². The lowest BCUT2D eigenvalue weighted by Crippen LogP contribution is -2.74. The average molecular weight is 461 g/mol. The third kappa shape index (κ3) is 9.52. The van der Waals surface area contributed by atoms with Gasteiger partial charge in [-0.15, -0.1) is 37.2 Å². The molecule has 1 rings (SSSR count). The number of aliphatic hydroxyl groups is 4. The number of hydrogen-bond donors (Lipinski definition) is 9. The van der Waals surface area contributed by atoms with Crippen molar-refractivity contribution in [1.82, 2.24) is 16.0 Å². The van der Waals surface area contributed by atoms with E-state index in [2.05, 4.69) is 16.0 Å². The maximum Gasteiger partial charge on any atom is 0.317 e. The number of carboxylic acid groups (broad SMARTS) is 2. The van der Waals surface area contributed by atoms with Gasteiger partial charge >= 0.3 is 11.9 Å². The molecule has 14 heteroatoms. The van der Waals surface area contributed by atoms with Crippen LogP contribution in [0.4, 0.5) is 0 Å². The first-order valence-corrected chi connectivity index (χ1v) is 7.58. The number of nitrogens with one attached hydrogen (secondary N) is 3. The highest BCUT2D eigenvalue weighted by molar-refractivity contribution is 5.86. The summed E-state index contributed by atoms with van der Waals surface area (Å²) in [4.78, 5) is 21.4. The molecule has 9 N–H and O–H groups in total. The van der Waals surface area contributed by atoms with E-state index in [1.807, 2.05) is 0 Å². The highest BCUT2D eigenvalue weighted by atomic mass is 35.5. The molecule has 0 heterocycles. The van der Waals surface area contributed by atoms with Crippen molar-refractivity contribution in [3.63, 3.8) is 0 Å². The fourth-order valence-electron chi connectivity index (χ4n) is 2.76. The molecule has 0 aromatic rings. The third-order valence-electron chi connectivity index (χ3n) is 3.90. The van der Waals surface area contributed by atoms with E-state index in [1.165, 1.54) is 0 Å². The van der Waals surface area contributed by atoms with E-state index in [0.717, 1.165) is 0 Å². The van der Waals surface area contributed by atoms with Gasteiger partial charge in [-0.3, -0.25) is 20.2 Å². The topological polar surface area (TPSA) is 192 Å². The first-order valence-electron chi connectivity index (χ1n) is 7.58. The molecule has 1 fully saturated rings. The molecule has 0 bridgehead atoms. The van der Waals surface area contributed by atoms with Crippen LogP contribution in [0.1, 0.15) is 6.42 Å². The van der Waals surface area contributed by atoms with E-state index in [4.69, 9.17) is 15.3 Å². The molecule has 1 aliphatic carbocycles.